The fourth-order valence-corrected chi connectivity index (χ4v) is 2.26. The van der Waals surface area contributed by atoms with Gasteiger partial charge in [-0.1, -0.05) is 24.6 Å². The highest BCUT2D eigenvalue weighted by Gasteiger charge is 2.03. The van der Waals surface area contributed by atoms with Crippen molar-refractivity contribution >= 4 is 23.4 Å². The predicted octanol–water partition coefficient (Wildman–Crippen LogP) is 3.45. The van der Waals surface area contributed by atoms with E-state index in [0.29, 0.717) is 0 Å². The molecule has 84 valence electrons. The summed E-state index contributed by atoms with van der Waals surface area (Å²) in [4.78, 5) is 0. The maximum absolute atomic E-state index is 13.1. The molecule has 0 radical (unpaired) electrons. The molecule has 2 N–H and O–H groups in total. The summed E-state index contributed by atoms with van der Waals surface area (Å²) in [5.74, 6) is 1.33. The second-order valence-electron chi connectivity index (χ2n) is 3.43. The van der Waals surface area contributed by atoms with E-state index in [0.717, 1.165) is 23.5 Å². The Morgan fingerprint density at radius 2 is 2.27 bits per heavy atom. The number of thioether (sulfide) groups is 1. The van der Waals surface area contributed by atoms with Crippen LogP contribution >= 0.6 is 23.4 Å². The zero-order chi connectivity index (χ0) is 11.3. The number of hydrogen-bond acceptors (Lipinski definition) is 2. The molecule has 0 heterocycles. The minimum Gasteiger partial charge on any atom is -0.327 e. The van der Waals surface area contributed by atoms with Crippen LogP contribution in [-0.2, 0) is 5.75 Å². The Hall–Kier alpha value is -0.250. The summed E-state index contributed by atoms with van der Waals surface area (Å²) in [6.07, 6.45) is 0.974. The van der Waals surface area contributed by atoms with Crippen molar-refractivity contribution in [3.05, 3.63) is 34.6 Å². The van der Waals surface area contributed by atoms with Crippen molar-refractivity contribution in [2.75, 3.05) is 5.75 Å². The standard InChI is InChI=1S/C11H15ClFNS/c1-2-9(14)7-15-6-8-3-4-10(12)11(13)5-8/h3-5,9H,2,6-7,14H2,1H3. The lowest BCUT2D eigenvalue weighted by Gasteiger charge is -2.08. The molecule has 0 saturated heterocycles. The van der Waals surface area contributed by atoms with Crippen molar-refractivity contribution in [2.24, 2.45) is 5.73 Å². The normalized spacial score (nSPS) is 12.8. The highest BCUT2D eigenvalue weighted by molar-refractivity contribution is 7.98. The van der Waals surface area contributed by atoms with Gasteiger partial charge in [-0.25, -0.2) is 4.39 Å². The van der Waals surface area contributed by atoms with Gasteiger partial charge in [0.05, 0.1) is 5.02 Å². The summed E-state index contributed by atoms with van der Waals surface area (Å²) >= 11 is 7.30. The van der Waals surface area contributed by atoms with Crippen LogP contribution in [0, 0.1) is 5.82 Å². The van der Waals surface area contributed by atoms with E-state index >= 15 is 0 Å². The first-order valence-corrected chi connectivity index (χ1v) is 6.44. The zero-order valence-electron chi connectivity index (χ0n) is 8.67. The zero-order valence-corrected chi connectivity index (χ0v) is 10.2. The number of rotatable bonds is 5. The van der Waals surface area contributed by atoms with Crippen molar-refractivity contribution in [2.45, 2.75) is 25.1 Å². The predicted molar refractivity (Wildman–Crippen MR) is 65.8 cm³/mol. The Balaban J connectivity index is 2.41. The van der Waals surface area contributed by atoms with Gasteiger partial charge in [0.25, 0.3) is 0 Å². The first kappa shape index (κ1) is 12.8. The quantitative estimate of drug-likeness (QED) is 0.863. The third kappa shape index (κ3) is 4.41. The van der Waals surface area contributed by atoms with Crippen molar-refractivity contribution in [1.82, 2.24) is 0 Å². The molecule has 0 aromatic heterocycles. The van der Waals surface area contributed by atoms with Crippen molar-refractivity contribution in [3.8, 4) is 0 Å². The van der Waals surface area contributed by atoms with Crippen LogP contribution in [0.3, 0.4) is 0 Å². The average molecular weight is 248 g/mol. The van der Waals surface area contributed by atoms with E-state index in [9.17, 15) is 4.39 Å². The Labute approximate surface area is 99.2 Å². The van der Waals surface area contributed by atoms with Crippen LogP contribution in [0.15, 0.2) is 18.2 Å². The molecule has 0 aliphatic rings. The molecule has 0 aliphatic heterocycles. The lowest BCUT2D eigenvalue weighted by atomic mass is 10.2. The highest BCUT2D eigenvalue weighted by Crippen LogP contribution is 2.19. The van der Waals surface area contributed by atoms with E-state index in [1.807, 2.05) is 6.07 Å². The molecule has 0 aliphatic carbocycles. The van der Waals surface area contributed by atoms with Gasteiger partial charge in [0, 0.05) is 17.5 Å². The topological polar surface area (TPSA) is 26.0 Å². The minimum atomic E-state index is -0.352. The second kappa shape index (κ2) is 6.36. The molecule has 0 amide bonds. The van der Waals surface area contributed by atoms with Gasteiger partial charge in [0.1, 0.15) is 5.82 Å². The van der Waals surface area contributed by atoms with E-state index in [2.05, 4.69) is 6.92 Å². The maximum atomic E-state index is 13.1. The van der Waals surface area contributed by atoms with Gasteiger partial charge in [-0.3, -0.25) is 0 Å². The molecule has 15 heavy (non-hydrogen) atoms. The summed E-state index contributed by atoms with van der Waals surface area (Å²) in [7, 11) is 0. The fourth-order valence-electron chi connectivity index (χ4n) is 1.08. The Morgan fingerprint density at radius 1 is 1.53 bits per heavy atom. The minimum absolute atomic E-state index is 0.175. The number of benzene rings is 1. The Bertz CT molecular complexity index is 319. The molecule has 1 aromatic rings. The average Bonchev–Trinajstić information content (AvgIpc) is 2.23. The van der Waals surface area contributed by atoms with Crippen LogP contribution in [0.1, 0.15) is 18.9 Å². The lowest BCUT2D eigenvalue weighted by Crippen LogP contribution is -2.21. The van der Waals surface area contributed by atoms with Crippen molar-refractivity contribution < 1.29 is 4.39 Å². The molecule has 1 rings (SSSR count). The smallest absolute Gasteiger partial charge is 0.142 e. The monoisotopic (exact) mass is 247 g/mol. The molecule has 0 fully saturated rings. The SMILES string of the molecule is CCC(N)CSCc1ccc(Cl)c(F)c1. The molecule has 0 spiro atoms. The molecular weight excluding hydrogens is 233 g/mol. The molecule has 0 bridgehead atoms. The Morgan fingerprint density at radius 3 is 2.87 bits per heavy atom. The number of hydrogen-bond donors (Lipinski definition) is 1. The third-order valence-electron chi connectivity index (χ3n) is 2.11. The van der Waals surface area contributed by atoms with Gasteiger partial charge in [0.15, 0.2) is 0 Å². The molecule has 0 saturated carbocycles. The third-order valence-corrected chi connectivity index (χ3v) is 3.62. The van der Waals surface area contributed by atoms with Crippen molar-refractivity contribution in [3.63, 3.8) is 0 Å². The molecule has 4 heteroatoms. The summed E-state index contributed by atoms with van der Waals surface area (Å²) in [6, 6.07) is 5.14. The molecule has 1 unspecified atom stereocenters. The maximum Gasteiger partial charge on any atom is 0.142 e. The first-order valence-electron chi connectivity index (χ1n) is 4.90. The summed E-state index contributed by atoms with van der Waals surface area (Å²) < 4.78 is 13.1. The first-order chi connectivity index (χ1) is 7.13. The Kier molecular flexibility index (Phi) is 5.43. The highest BCUT2D eigenvalue weighted by atomic mass is 35.5. The van der Waals surface area contributed by atoms with E-state index in [-0.39, 0.29) is 16.9 Å². The molecule has 1 nitrogen and oxygen atoms in total. The van der Waals surface area contributed by atoms with Crippen LogP contribution in [0.25, 0.3) is 0 Å². The fraction of sp³-hybridized carbons (Fsp3) is 0.455. The number of nitrogens with two attached hydrogens (primary N) is 1. The van der Waals surface area contributed by atoms with E-state index in [1.165, 1.54) is 6.07 Å². The molecule has 1 aromatic carbocycles. The van der Waals surface area contributed by atoms with Crippen LogP contribution in [-0.4, -0.2) is 11.8 Å². The lowest BCUT2D eigenvalue weighted by molar-refractivity contribution is 0.627. The van der Waals surface area contributed by atoms with Gasteiger partial charge in [-0.15, -0.1) is 0 Å². The van der Waals surface area contributed by atoms with Gasteiger partial charge < -0.3 is 5.73 Å². The van der Waals surface area contributed by atoms with E-state index in [1.54, 1.807) is 17.8 Å². The largest absolute Gasteiger partial charge is 0.327 e. The summed E-state index contributed by atoms with van der Waals surface area (Å²) in [5.41, 5.74) is 6.72. The van der Waals surface area contributed by atoms with Crippen LogP contribution in [0.4, 0.5) is 4.39 Å². The van der Waals surface area contributed by atoms with E-state index in [4.69, 9.17) is 17.3 Å². The van der Waals surface area contributed by atoms with E-state index < -0.39 is 0 Å². The van der Waals surface area contributed by atoms with Crippen molar-refractivity contribution in [1.29, 1.82) is 0 Å². The second-order valence-corrected chi connectivity index (χ2v) is 4.87. The summed E-state index contributed by atoms with van der Waals surface area (Å²) in [5, 5.41) is 0.175. The molecular formula is C11H15ClFNS. The van der Waals surface area contributed by atoms with Crippen LogP contribution in [0.5, 0.6) is 0 Å². The summed E-state index contributed by atoms with van der Waals surface area (Å²) in [6.45, 7) is 2.06. The van der Waals surface area contributed by atoms with Gasteiger partial charge in [0.2, 0.25) is 0 Å². The van der Waals surface area contributed by atoms with Gasteiger partial charge >= 0.3 is 0 Å². The van der Waals surface area contributed by atoms with Crippen LogP contribution < -0.4 is 5.73 Å². The molecule has 1 atom stereocenters. The number of halogens is 2. The van der Waals surface area contributed by atoms with Gasteiger partial charge in [-0.05, 0) is 24.1 Å². The van der Waals surface area contributed by atoms with Crippen LogP contribution in [0.2, 0.25) is 5.02 Å². The van der Waals surface area contributed by atoms with Gasteiger partial charge in [-0.2, -0.15) is 11.8 Å².